The lowest BCUT2D eigenvalue weighted by Crippen LogP contribution is -2.28. The molecule has 4 aromatic rings. The number of benzene rings is 4. The van der Waals surface area contributed by atoms with Gasteiger partial charge in [-0.25, -0.2) is 4.99 Å². The number of likely N-dealkylation sites (N-methyl/N-ethyl adjacent to an activating group) is 1. The topological polar surface area (TPSA) is 85.0 Å². The number of thioether (sulfide) groups is 1. The van der Waals surface area contributed by atoms with Crippen LogP contribution in [0.1, 0.15) is 29.2 Å². The van der Waals surface area contributed by atoms with Crippen molar-refractivity contribution in [1.29, 1.82) is 0 Å². The van der Waals surface area contributed by atoms with Crippen LogP contribution < -0.4 is 4.74 Å². The predicted molar refractivity (Wildman–Crippen MR) is 157 cm³/mol. The number of carbonyl (C=O) groups excluding carboxylic acids is 1. The van der Waals surface area contributed by atoms with Crippen molar-refractivity contribution in [2.24, 2.45) is 4.99 Å². The van der Waals surface area contributed by atoms with Crippen LogP contribution in [0.5, 0.6) is 5.75 Å². The summed E-state index contributed by atoms with van der Waals surface area (Å²) in [5.74, 6) is 0.526. The lowest BCUT2D eigenvalue weighted by atomic mass is 10.0. The molecule has 5 rings (SSSR count). The second-order valence-electron chi connectivity index (χ2n) is 9.21. The van der Waals surface area contributed by atoms with Crippen LogP contribution in [0.2, 0.25) is 0 Å². The molecule has 1 aliphatic heterocycles. The van der Waals surface area contributed by atoms with Gasteiger partial charge in [0.05, 0.1) is 15.5 Å². The zero-order valence-corrected chi connectivity index (χ0v) is 22.7. The van der Waals surface area contributed by atoms with Crippen molar-refractivity contribution in [2.45, 2.75) is 27.4 Å². The number of fused-ring (bicyclic) bond motifs is 1. The molecule has 0 atom stereocenters. The van der Waals surface area contributed by atoms with Gasteiger partial charge in [-0.3, -0.25) is 19.8 Å². The molecule has 39 heavy (non-hydrogen) atoms. The molecule has 0 bridgehead atoms. The zero-order valence-electron chi connectivity index (χ0n) is 21.9. The monoisotopic (exact) mass is 537 g/mol. The van der Waals surface area contributed by atoms with Crippen molar-refractivity contribution in [3.05, 3.63) is 116 Å². The van der Waals surface area contributed by atoms with E-state index in [1.54, 1.807) is 17.0 Å². The van der Waals surface area contributed by atoms with Crippen molar-refractivity contribution in [2.75, 3.05) is 6.54 Å². The number of hydrogen-bond acceptors (Lipinski definition) is 6. The number of rotatable bonds is 7. The Morgan fingerprint density at radius 3 is 2.38 bits per heavy atom. The molecule has 1 amide bonds. The highest BCUT2D eigenvalue weighted by molar-refractivity contribution is 8.18. The van der Waals surface area contributed by atoms with Gasteiger partial charge in [0.25, 0.3) is 11.6 Å². The van der Waals surface area contributed by atoms with Crippen LogP contribution in [0.3, 0.4) is 0 Å². The van der Waals surface area contributed by atoms with Crippen LogP contribution in [-0.2, 0) is 11.4 Å². The summed E-state index contributed by atoms with van der Waals surface area (Å²) in [6.45, 7) is 6.72. The first-order chi connectivity index (χ1) is 18.9. The Kier molecular flexibility index (Phi) is 7.47. The molecule has 0 N–H and O–H groups in total. The normalized spacial score (nSPS) is 15.5. The van der Waals surface area contributed by atoms with Gasteiger partial charge in [0.15, 0.2) is 5.17 Å². The average molecular weight is 538 g/mol. The van der Waals surface area contributed by atoms with Gasteiger partial charge in [0, 0.05) is 24.2 Å². The van der Waals surface area contributed by atoms with Gasteiger partial charge >= 0.3 is 0 Å². The van der Waals surface area contributed by atoms with Crippen LogP contribution in [0.4, 0.5) is 11.4 Å². The average Bonchev–Trinajstić information content (AvgIpc) is 3.23. The van der Waals surface area contributed by atoms with E-state index in [0.29, 0.717) is 22.4 Å². The van der Waals surface area contributed by atoms with E-state index in [-0.39, 0.29) is 18.2 Å². The fourth-order valence-electron chi connectivity index (χ4n) is 4.50. The van der Waals surface area contributed by atoms with Gasteiger partial charge in [0.1, 0.15) is 12.4 Å². The molecule has 0 aliphatic carbocycles. The number of nitro groups is 1. The summed E-state index contributed by atoms with van der Waals surface area (Å²) in [4.78, 5) is 31.2. The lowest BCUT2D eigenvalue weighted by Gasteiger charge is -2.14. The molecule has 0 aromatic heterocycles. The number of carbonyl (C=O) groups is 1. The van der Waals surface area contributed by atoms with E-state index in [4.69, 9.17) is 9.73 Å². The maximum Gasteiger partial charge on any atom is 0.269 e. The third-order valence-electron chi connectivity index (χ3n) is 6.60. The Hall–Kier alpha value is -4.43. The zero-order chi connectivity index (χ0) is 27.5. The van der Waals surface area contributed by atoms with Crippen molar-refractivity contribution < 1.29 is 14.5 Å². The summed E-state index contributed by atoms with van der Waals surface area (Å²) in [5, 5.41) is 13.6. The van der Waals surface area contributed by atoms with Gasteiger partial charge in [-0.1, -0.05) is 48.5 Å². The minimum atomic E-state index is -0.424. The Balaban J connectivity index is 1.52. The Bertz CT molecular complexity index is 1620. The Labute approximate surface area is 231 Å². The smallest absolute Gasteiger partial charge is 0.269 e. The molecule has 8 heteroatoms. The number of nitro benzene ring substituents is 1. The van der Waals surface area contributed by atoms with Crippen molar-refractivity contribution in [3.63, 3.8) is 0 Å². The van der Waals surface area contributed by atoms with E-state index in [2.05, 4.69) is 0 Å². The molecule has 1 aliphatic rings. The summed E-state index contributed by atoms with van der Waals surface area (Å²) < 4.78 is 6.21. The van der Waals surface area contributed by atoms with E-state index >= 15 is 0 Å². The summed E-state index contributed by atoms with van der Waals surface area (Å²) in [7, 11) is 0. The molecular formula is C31H27N3O4S. The van der Waals surface area contributed by atoms with Crippen LogP contribution in [-0.4, -0.2) is 27.4 Å². The number of nitrogens with zero attached hydrogens (tertiary/aromatic N) is 3. The van der Waals surface area contributed by atoms with Gasteiger partial charge in [-0.2, -0.15) is 0 Å². The van der Waals surface area contributed by atoms with Crippen LogP contribution in [0.15, 0.2) is 88.8 Å². The van der Waals surface area contributed by atoms with Gasteiger partial charge in [-0.05, 0) is 84.3 Å². The molecule has 0 saturated carbocycles. The predicted octanol–water partition coefficient (Wildman–Crippen LogP) is 7.57. The maximum absolute atomic E-state index is 13.5. The standard InChI is InChI=1S/C31H27N3O4S/c1-4-33-30(35)28(39-31(33)32-29-20(2)8-7-9-21(29)3)18-26-25-11-6-5-10-23(25)14-17-27(26)38-19-22-12-15-24(16-13-22)34(36)37/h5-18H,4,19H2,1-3H3/b28-18+,32-31?. The van der Waals surface area contributed by atoms with Crippen LogP contribution >= 0.6 is 11.8 Å². The summed E-state index contributed by atoms with van der Waals surface area (Å²) in [5.41, 5.74) is 4.63. The number of amides is 1. The SMILES string of the molecule is CCN1C(=O)/C(=C\c2c(OCc3ccc([N+](=O)[O-])cc3)ccc3ccccc23)SC1=Nc1c(C)cccc1C. The molecule has 0 spiro atoms. The fraction of sp³-hybridized carbons (Fsp3) is 0.161. The van der Waals surface area contributed by atoms with Crippen molar-refractivity contribution in [1.82, 2.24) is 4.90 Å². The van der Waals surface area contributed by atoms with Crippen LogP contribution in [0, 0.1) is 24.0 Å². The van der Waals surface area contributed by atoms with Gasteiger partial charge in [-0.15, -0.1) is 0 Å². The fourth-order valence-corrected chi connectivity index (χ4v) is 5.53. The second-order valence-corrected chi connectivity index (χ2v) is 10.2. The number of non-ortho nitro benzene ring substituents is 1. The van der Waals surface area contributed by atoms with E-state index in [9.17, 15) is 14.9 Å². The lowest BCUT2D eigenvalue weighted by molar-refractivity contribution is -0.384. The Morgan fingerprint density at radius 1 is 0.974 bits per heavy atom. The molecule has 1 fully saturated rings. The minimum Gasteiger partial charge on any atom is -0.488 e. The number of aryl methyl sites for hydroxylation is 2. The largest absolute Gasteiger partial charge is 0.488 e. The highest BCUT2D eigenvalue weighted by Crippen LogP contribution is 2.38. The first-order valence-corrected chi connectivity index (χ1v) is 13.4. The van der Waals surface area contributed by atoms with Gasteiger partial charge < -0.3 is 4.74 Å². The molecular weight excluding hydrogens is 510 g/mol. The number of aliphatic imine (C=N–C) groups is 1. The first-order valence-electron chi connectivity index (χ1n) is 12.6. The molecule has 0 unspecified atom stereocenters. The summed E-state index contributed by atoms with van der Waals surface area (Å²) in [6, 6.07) is 24.2. The number of hydrogen-bond donors (Lipinski definition) is 0. The molecule has 7 nitrogen and oxygen atoms in total. The van der Waals surface area contributed by atoms with E-state index in [1.807, 2.05) is 81.4 Å². The number of ether oxygens (including phenoxy) is 1. The van der Waals surface area contributed by atoms with E-state index in [0.717, 1.165) is 38.7 Å². The molecule has 0 radical (unpaired) electrons. The number of para-hydroxylation sites is 1. The van der Waals surface area contributed by atoms with Gasteiger partial charge in [0.2, 0.25) is 0 Å². The third kappa shape index (κ3) is 5.42. The third-order valence-corrected chi connectivity index (χ3v) is 7.61. The maximum atomic E-state index is 13.5. The summed E-state index contributed by atoms with van der Waals surface area (Å²) in [6.07, 6.45) is 1.89. The summed E-state index contributed by atoms with van der Waals surface area (Å²) >= 11 is 1.36. The van der Waals surface area contributed by atoms with Crippen molar-refractivity contribution >= 4 is 51.1 Å². The molecule has 196 valence electrons. The van der Waals surface area contributed by atoms with Crippen LogP contribution in [0.25, 0.3) is 16.8 Å². The van der Waals surface area contributed by atoms with Crippen molar-refractivity contribution in [3.8, 4) is 5.75 Å². The quantitative estimate of drug-likeness (QED) is 0.138. The highest BCUT2D eigenvalue weighted by atomic mass is 32.2. The van der Waals surface area contributed by atoms with E-state index < -0.39 is 4.92 Å². The highest BCUT2D eigenvalue weighted by Gasteiger charge is 2.33. The molecule has 4 aromatic carbocycles. The number of amidine groups is 1. The Morgan fingerprint density at radius 2 is 1.69 bits per heavy atom. The van der Waals surface area contributed by atoms with E-state index in [1.165, 1.54) is 23.9 Å². The molecule has 1 heterocycles. The second kappa shape index (κ2) is 11.1. The molecule has 1 saturated heterocycles. The first kappa shape index (κ1) is 26.2. The minimum absolute atomic E-state index is 0.0329.